The Kier molecular flexibility index (Phi) is 5.48. The maximum Gasteiger partial charge on any atom is 0.272 e. The average Bonchev–Trinajstić information content (AvgIpc) is 2.69. The van der Waals surface area contributed by atoms with E-state index in [0.29, 0.717) is 5.69 Å². The predicted octanol–water partition coefficient (Wildman–Crippen LogP) is 2.33. The number of benzene rings is 1. The zero-order valence-corrected chi connectivity index (χ0v) is 14.9. The average molecular weight is 339 g/mol. The molecule has 132 valence electrons. The van der Waals surface area contributed by atoms with E-state index in [2.05, 4.69) is 49.6 Å². The third-order valence-corrected chi connectivity index (χ3v) is 4.60. The van der Waals surface area contributed by atoms with Gasteiger partial charge in [0, 0.05) is 37.9 Å². The number of carbonyl (C=O) groups excluding carboxylic acids is 1. The lowest BCUT2D eigenvalue weighted by molar-refractivity contribution is 0.0933. The number of para-hydroxylation sites is 1. The second-order valence-corrected chi connectivity index (χ2v) is 6.37. The van der Waals surface area contributed by atoms with Crippen molar-refractivity contribution >= 4 is 17.4 Å². The highest BCUT2D eigenvalue weighted by Gasteiger charge is 2.19. The van der Waals surface area contributed by atoms with Gasteiger partial charge in [0.1, 0.15) is 0 Å². The van der Waals surface area contributed by atoms with Crippen molar-refractivity contribution in [3.05, 3.63) is 48.2 Å². The molecule has 2 heterocycles. The maximum absolute atomic E-state index is 12.1. The van der Waals surface area contributed by atoms with E-state index in [1.54, 1.807) is 6.07 Å². The lowest BCUT2D eigenvalue weighted by Gasteiger charge is -2.36. The molecule has 0 radical (unpaired) electrons. The molecule has 1 atom stereocenters. The third kappa shape index (κ3) is 4.26. The minimum absolute atomic E-state index is 0.139. The van der Waals surface area contributed by atoms with Crippen LogP contribution in [0.3, 0.4) is 0 Å². The van der Waals surface area contributed by atoms with Crippen LogP contribution >= 0.6 is 0 Å². The van der Waals surface area contributed by atoms with E-state index in [1.165, 1.54) is 5.69 Å². The molecule has 1 aromatic carbocycles. The van der Waals surface area contributed by atoms with Crippen LogP contribution in [-0.4, -0.2) is 48.3 Å². The lowest BCUT2D eigenvalue weighted by Crippen LogP contribution is -2.47. The molecule has 3 rings (SSSR count). The summed E-state index contributed by atoms with van der Waals surface area (Å²) in [7, 11) is 0. The van der Waals surface area contributed by atoms with Crippen LogP contribution in [0.2, 0.25) is 0 Å². The fourth-order valence-electron chi connectivity index (χ4n) is 2.85. The number of hydrogen-bond acceptors (Lipinski definition) is 5. The molecule has 1 aromatic heterocycles. The fraction of sp³-hybridized carbons (Fsp3) is 0.421. The first-order valence-corrected chi connectivity index (χ1v) is 8.87. The van der Waals surface area contributed by atoms with Crippen molar-refractivity contribution in [3.8, 4) is 0 Å². The SMILES string of the molecule is CCC(C)NC(=O)c1ccc(N2CCN(c3ccccc3)CC2)nn1. The first-order valence-electron chi connectivity index (χ1n) is 8.87. The minimum Gasteiger partial charge on any atom is -0.368 e. The molecule has 0 spiro atoms. The summed E-state index contributed by atoms with van der Waals surface area (Å²) in [5, 5.41) is 11.3. The number of aromatic nitrogens is 2. The Morgan fingerprint density at radius 2 is 1.72 bits per heavy atom. The van der Waals surface area contributed by atoms with E-state index in [4.69, 9.17) is 0 Å². The molecule has 1 aliphatic heterocycles. The first-order chi connectivity index (χ1) is 12.2. The van der Waals surface area contributed by atoms with E-state index >= 15 is 0 Å². The van der Waals surface area contributed by atoms with E-state index in [9.17, 15) is 4.79 Å². The van der Waals surface area contributed by atoms with Gasteiger partial charge in [0.25, 0.3) is 5.91 Å². The van der Waals surface area contributed by atoms with Crippen molar-refractivity contribution in [3.63, 3.8) is 0 Å². The summed E-state index contributed by atoms with van der Waals surface area (Å²) >= 11 is 0. The fourth-order valence-corrected chi connectivity index (χ4v) is 2.85. The van der Waals surface area contributed by atoms with Crippen molar-refractivity contribution in [2.75, 3.05) is 36.0 Å². The summed E-state index contributed by atoms with van der Waals surface area (Å²) in [5.41, 5.74) is 1.62. The highest BCUT2D eigenvalue weighted by Crippen LogP contribution is 2.18. The van der Waals surface area contributed by atoms with Gasteiger partial charge in [0.2, 0.25) is 0 Å². The Balaban J connectivity index is 1.58. The smallest absolute Gasteiger partial charge is 0.272 e. The number of carbonyl (C=O) groups is 1. The second-order valence-electron chi connectivity index (χ2n) is 6.37. The monoisotopic (exact) mass is 339 g/mol. The number of rotatable bonds is 5. The largest absolute Gasteiger partial charge is 0.368 e. The van der Waals surface area contributed by atoms with Gasteiger partial charge in [0.05, 0.1) is 0 Å². The molecule has 6 nitrogen and oxygen atoms in total. The normalized spacial score (nSPS) is 15.8. The molecule has 1 N–H and O–H groups in total. The minimum atomic E-state index is -0.165. The Hall–Kier alpha value is -2.63. The van der Waals surface area contributed by atoms with E-state index in [1.807, 2.05) is 26.0 Å². The maximum atomic E-state index is 12.1. The van der Waals surface area contributed by atoms with Gasteiger partial charge in [-0.3, -0.25) is 4.79 Å². The molecule has 6 heteroatoms. The number of amides is 1. The van der Waals surface area contributed by atoms with Crippen LogP contribution in [0.1, 0.15) is 30.8 Å². The topological polar surface area (TPSA) is 61.4 Å². The van der Waals surface area contributed by atoms with E-state index < -0.39 is 0 Å². The van der Waals surface area contributed by atoms with Gasteiger partial charge in [-0.05, 0) is 37.6 Å². The summed E-state index contributed by atoms with van der Waals surface area (Å²) in [6.07, 6.45) is 0.892. The van der Waals surface area contributed by atoms with Gasteiger partial charge in [0.15, 0.2) is 11.5 Å². The van der Waals surface area contributed by atoms with Crippen LogP contribution in [0.4, 0.5) is 11.5 Å². The van der Waals surface area contributed by atoms with Gasteiger partial charge >= 0.3 is 0 Å². The first kappa shape index (κ1) is 17.2. The second kappa shape index (κ2) is 7.96. The zero-order valence-electron chi connectivity index (χ0n) is 14.9. The quantitative estimate of drug-likeness (QED) is 0.906. The Morgan fingerprint density at radius 3 is 2.32 bits per heavy atom. The molecule has 1 saturated heterocycles. The number of nitrogens with one attached hydrogen (secondary N) is 1. The van der Waals surface area contributed by atoms with Gasteiger partial charge in [-0.2, -0.15) is 0 Å². The number of nitrogens with zero attached hydrogens (tertiary/aromatic N) is 4. The molecule has 1 unspecified atom stereocenters. The highest BCUT2D eigenvalue weighted by molar-refractivity contribution is 5.92. The number of piperazine rings is 1. The summed E-state index contributed by atoms with van der Waals surface area (Å²) < 4.78 is 0. The molecule has 2 aromatic rings. The molecule has 1 fully saturated rings. The standard InChI is InChI=1S/C19H25N5O/c1-3-15(2)20-19(25)17-9-10-18(22-21-17)24-13-11-23(12-14-24)16-7-5-4-6-8-16/h4-10,15H,3,11-14H2,1-2H3,(H,20,25). The molecule has 25 heavy (non-hydrogen) atoms. The van der Waals surface area contributed by atoms with Crippen LogP contribution in [-0.2, 0) is 0 Å². The van der Waals surface area contributed by atoms with Crippen molar-refractivity contribution in [2.45, 2.75) is 26.3 Å². The predicted molar refractivity (Wildman–Crippen MR) is 100 cm³/mol. The molecule has 0 saturated carbocycles. The van der Waals surface area contributed by atoms with Gasteiger partial charge in [-0.1, -0.05) is 25.1 Å². The van der Waals surface area contributed by atoms with Gasteiger partial charge < -0.3 is 15.1 Å². The van der Waals surface area contributed by atoms with Crippen LogP contribution in [0, 0.1) is 0 Å². The molecule has 1 amide bonds. The molecule has 1 aliphatic rings. The summed E-state index contributed by atoms with van der Waals surface area (Å²) in [6.45, 7) is 7.69. The van der Waals surface area contributed by atoms with Crippen LogP contribution < -0.4 is 15.1 Å². The number of hydrogen-bond donors (Lipinski definition) is 1. The van der Waals surface area contributed by atoms with Crippen molar-refractivity contribution in [1.82, 2.24) is 15.5 Å². The van der Waals surface area contributed by atoms with Crippen LogP contribution in [0.25, 0.3) is 0 Å². The third-order valence-electron chi connectivity index (χ3n) is 4.60. The Bertz CT molecular complexity index is 681. The Labute approximate surface area is 148 Å². The molecule has 0 bridgehead atoms. The van der Waals surface area contributed by atoms with Gasteiger partial charge in [-0.25, -0.2) is 0 Å². The number of anilines is 2. The molecular formula is C19H25N5O. The Morgan fingerprint density at radius 1 is 1.04 bits per heavy atom. The molecular weight excluding hydrogens is 314 g/mol. The van der Waals surface area contributed by atoms with E-state index in [-0.39, 0.29) is 11.9 Å². The lowest BCUT2D eigenvalue weighted by atomic mass is 10.2. The van der Waals surface area contributed by atoms with Crippen molar-refractivity contribution < 1.29 is 4.79 Å². The summed E-state index contributed by atoms with van der Waals surface area (Å²) in [6, 6.07) is 14.2. The van der Waals surface area contributed by atoms with Crippen molar-refractivity contribution in [2.24, 2.45) is 0 Å². The summed E-state index contributed by atoms with van der Waals surface area (Å²) in [4.78, 5) is 16.7. The van der Waals surface area contributed by atoms with Crippen LogP contribution in [0.15, 0.2) is 42.5 Å². The highest BCUT2D eigenvalue weighted by atomic mass is 16.2. The van der Waals surface area contributed by atoms with Crippen LogP contribution in [0.5, 0.6) is 0 Å². The zero-order chi connectivity index (χ0) is 17.6. The van der Waals surface area contributed by atoms with E-state index in [0.717, 1.165) is 38.4 Å². The van der Waals surface area contributed by atoms with Crippen molar-refractivity contribution in [1.29, 1.82) is 0 Å². The molecule has 0 aliphatic carbocycles. The summed E-state index contributed by atoms with van der Waals surface area (Å²) in [5.74, 6) is 0.662. The van der Waals surface area contributed by atoms with Gasteiger partial charge in [-0.15, -0.1) is 10.2 Å².